The molecule has 1 N–H and O–H groups in total. The van der Waals surface area contributed by atoms with Gasteiger partial charge in [-0.3, -0.25) is 9.59 Å². The molecule has 1 atom stereocenters. The number of aliphatic hydroxyl groups is 1. The lowest BCUT2D eigenvalue weighted by Gasteiger charge is -2.22. The van der Waals surface area contributed by atoms with Gasteiger partial charge >= 0.3 is 0 Å². The standard InChI is InChI=1S/C27H23NO3/c29-23(16-8-7-13-21-11-3-1-4-12-21)19-27(31)24-17-9-10-18-25(24)28(26(27)30)20-22-14-5-2-6-15-22/h1-18,31H,19-20H2/b13-7+,16-8+/t27-/m0/s1. The number of benzene rings is 3. The highest BCUT2D eigenvalue weighted by Gasteiger charge is 2.50. The predicted molar refractivity (Wildman–Crippen MR) is 122 cm³/mol. The van der Waals surface area contributed by atoms with E-state index in [-0.39, 0.29) is 12.2 Å². The summed E-state index contributed by atoms with van der Waals surface area (Å²) in [5.41, 5.74) is 1.22. The predicted octanol–water partition coefficient (Wildman–Crippen LogP) is 4.65. The van der Waals surface area contributed by atoms with Gasteiger partial charge < -0.3 is 10.0 Å². The molecule has 4 heteroatoms. The third-order valence-corrected chi connectivity index (χ3v) is 5.33. The molecule has 0 radical (unpaired) electrons. The normalized spacial score (nSPS) is 18.1. The highest BCUT2D eigenvalue weighted by atomic mass is 16.3. The van der Waals surface area contributed by atoms with E-state index in [9.17, 15) is 14.7 Å². The molecule has 4 nitrogen and oxygen atoms in total. The average Bonchev–Trinajstić information content (AvgIpc) is 3.00. The summed E-state index contributed by atoms with van der Waals surface area (Å²) in [4.78, 5) is 27.4. The van der Waals surface area contributed by atoms with Crippen molar-refractivity contribution in [1.29, 1.82) is 0 Å². The summed E-state index contributed by atoms with van der Waals surface area (Å²) >= 11 is 0. The van der Waals surface area contributed by atoms with Crippen LogP contribution >= 0.6 is 0 Å². The number of nitrogens with zero attached hydrogens (tertiary/aromatic N) is 1. The van der Waals surface area contributed by atoms with Crippen molar-refractivity contribution in [2.75, 3.05) is 4.90 Å². The maximum Gasteiger partial charge on any atom is 0.264 e. The first-order valence-electron chi connectivity index (χ1n) is 10.2. The Morgan fingerprint density at radius 3 is 2.26 bits per heavy atom. The molecule has 0 spiro atoms. The summed E-state index contributed by atoms with van der Waals surface area (Å²) in [6.07, 6.45) is 6.38. The van der Waals surface area contributed by atoms with Crippen LogP contribution in [-0.2, 0) is 21.7 Å². The molecule has 3 aromatic carbocycles. The van der Waals surface area contributed by atoms with Gasteiger partial charge in [0.2, 0.25) is 0 Å². The average molecular weight is 409 g/mol. The lowest BCUT2D eigenvalue weighted by atomic mass is 9.90. The third kappa shape index (κ3) is 4.39. The fraction of sp³-hybridized carbons (Fsp3) is 0.111. The number of fused-ring (bicyclic) bond motifs is 1. The van der Waals surface area contributed by atoms with E-state index < -0.39 is 11.5 Å². The van der Waals surface area contributed by atoms with Crippen LogP contribution in [-0.4, -0.2) is 16.8 Å². The van der Waals surface area contributed by atoms with Gasteiger partial charge in [-0.1, -0.05) is 97.1 Å². The lowest BCUT2D eigenvalue weighted by molar-refractivity contribution is -0.140. The number of ketones is 1. The summed E-state index contributed by atoms with van der Waals surface area (Å²) in [5.74, 6) is -0.788. The number of para-hydroxylation sites is 1. The zero-order valence-corrected chi connectivity index (χ0v) is 17.0. The van der Waals surface area contributed by atoms with Gasteiger partial charge in [0, 0.05) is 5.56 Å². The minimum absolute atomic E-state index is 0.302. The third-order valence-electron chi connectivity index (χ3n) is 5.33. The molecule has 0 unspecified atom stereocenters. The summed E-state index contributed by atoms with van der Waals surface area (Å²) in [7, 11) is 0. The Hall–Kier alpha value is -3.76. The molecular formula is C27H23NO3. The van der Waals surface area contributed by atoms with Crippen LogP contribution in [0, 0.1) is 0 Å². The van der Waals surface area contributed by atoms with Crippen molar-refractivity contribution in [3.05, 3.63) is 120 Å². The number of hydrogen-bond acceptors (Lipinski definition) is 3. The van der Waals surface area contributed by atoms with E-state index in [0.717, 1.165) is 11.1 Å². The fourth-order valence-corrected chi connectivity index (χ4v) is 3.81. The SMILES string of the molecule is O=C(/C=C/C=C/c1ccccc1)C[C@@]1(O)C(=O)N(Cc2ccccc2)c2ccccc21. The first-order valence-corrected chi connectivity index (χ1v) is 10.2. The van der Waals surface area contributed by atoms with Crippen molar-refractivity contribution in [2.45, 2.75) is 18.6 Å². The summed E-state index contributed by atoms with van der Waals surface area (Å²) < 4.78 is 0. The van der Waals surface area contributed by atoms with Gasteiger partial charge in [0.25, 0.3) is 5.91 Å². The number of rotatable bonds is 7. The van der Waals surface area contributed by atoms with E-state index in [1.807, 2.05) is 72.8 Å². The van der Waals surface area contributed by atoms with Crippen LogP contribution in [0.4, 0.5) is 5.69 Å². The molecular weight excluding hydrogens is 386 g/mol. The Bertz CT molecular complexity index is 1140. The number of hydrogen-bond donors (Lipinski definition) is 1. The summed E-state index contributed by atoms with van der Waals surface area (Å²) in [6.45, 7) is 0.336. The second-order valence-electron chi connectivity index (χ2n) is 7.53. The van der Waals surface area contributed by atoms with Crippen molar-refractivity contribution >= 4 is 23.5 Å². The highest BCUT2D eigenvalue weighted by Crippen LogP contribution is 2.43. The van der Waals surface area contributed by atoms with Crippen molar-refractivity contribution in [1.82, 2.24) is 0 Å². The molecule has 0 saturated carbocycles. The number of carbonyl (C=O) groups excluding carboxylic acids is 2. The Kier molecular flexibility index (Phi) is 5.92. The van der Waals surface area contributed by atoms with E-state index in [1.165, 1.54) is 6.08 Å². The highest BCUT2D eigenvalue weighted by molar-refractivity contribution is 6.09. The quantitative estimate of drug-likeness (QED) is 0.456. The molecule has 154 valence electrons. The van der Waals surface area contributed by atoms with Crippen LogP contribution in [0.25, 0.3) is 6.08 Å². The van der Waals surface area contributed by atoms with Crippen LogP contribution in [0.1, 0.15) is 23.1 Å². The van der Waals surface area contributed by atoms with Gasteiger partial charge in [-0.25, -0.2) is 0 Å². The zero-order chi connectivity index (χ0) is 21.7. The van der Waals surface area contributed by atoms with E-state index in [4.69, 9.17) is 0 Å². The second kappa shape index (κ2) is 8.94. The van der Waals surface area contributed by atoms with Gasteiger partial charge in [0.15, 0.2) is 11.4 Å². The van der Waals surface area contributed by atoms with E-state index in [0.29, 0.717) is 17.8 Å². The smallest absolute Gasteiger partial charge is 0.264 e. The molecule has 1 aliphatic heterocycles. The Balaban J connectivity index is 1.52. The van der Waals surface area contributed by atoms with Crippen LogP contribution in [0.15, 0.2) is 103 Å². The molecule has 1 aliphatic rings. The lowest BCUT2D eigenvalue weighted by Crippen LogP contribution is -2.41. The Morgan fingerprint density at radius 2 is 1.52 bits per heavy atom. The van der Waals surface area contributed by atoms with Gasteiger partial charge in [0.1, 0.15) is 0 Å². The first-order chi connectivity index (χ1) is 15.1. The van der Waals surface area contributed by atoms with Crippen LogP contribution in [0.3, 0.4) is 0 Å². The molecule has 0 bridgehead atoms. The van der Waals surface area contributed by atoms with Crippen molar-refractivity contribution in [2.24, 2.45) is 0 Å². The topological polar surface area (TPSA) is 57.6 Å². The largest absolute Gasteiger partial charge is 0.375 e. The maximum atomic E-state index is 13.2. The van der Waals surface area contributed by atoms with Gasteiger partial charge in [0.05, 0.1) is 18.7 Å². The first kappa shape index (κ1) is 20.5. The van der Waals surface area contributed by atoms with Gasteiger partial charge in [-0.2, -0.15) is 0 Å². The van der Waals surface area contributed by atoms with Gasteiger partial charge in [-0.05, 0) is 23.3 Å². The molecule has 1 heterocycles. The van der Waals surface area contributed by atoms with E-state index >= 15 is 0 Å². The summed E-state index contributed by atoms with van der Waals surface area (Å²) in [5, 5.41) is 11.3. The molecule has 4 rings (SSSR count). The molecule has 0 saturated heterocycles. The summed E-state index contributed by atoms with van der Waals surface area (Å²) in [6, 6.07) is 26.4. The molecule has 0 aliphatic carbocycles. The Labute approximate surface area is 181 Å². The number of amides is 1. The van der Waals surface area contributed by atoms with Gasteiger partial charge in [-0.15, -0.1) is 0 Å². The Morgan fingerprint density at radius 1 is 0.871 bits per heavy atom. The van der Waals surface area contributed by atoms with E-state index in [1.54, 1.807) is 35.3 Å². The van der Waals surface area contributed by atoms with E-state index in [2.05, 4.69) is 0 Å². The number of allylic oxidation sites excluding steroid dienone is 3. The monoisotopic (exact) mass is 409 g/mol. The second-order valence-corrected chi connectivity index (χ2v) is 7.53. The molecule has 31 heavy (non-hydrogen) atoms. The molecule has 0 fully saturated rings. The molecule has 3 aromatic rings. The maximum absolute atomic E-state index is 13.2. The van der Waals surface area contributed by atoms with Crippen LogP contribution in [0.5, 0.6) is 0 Å². The minimum atomic E-state index is -1.87. The number of anilines is 1. The van der Waals surface area contributed by atoms with Crippen molar-refractivity contribution < 1.29 is 14.7 Å². The molecule has 1 amide bonds. The van der Waals surface area contributed by atoms with Crippen molar-refractivity contribution in [3.63, 3.8) is 0 Å². The van der Waals surface area contributed by atoms with Crippen LogP contribution in [0.2, 0.25) is 0 Å². The van der Waals surface area contributed by atoms with Crippen LogP contribution < -0.4 is 4.90 Å². The minimum Gasteiger partial charge on any atom is -0.375 e. The number of carbonyl (C=O) groups is 2. The van der Waals surface area contributed by atoms with Crippen molar-refractivity contribution in [3.8, 4) is 0 Å². The molecule has 0 aromatic heterocycles. The zero-order valence-electron chi connectivity index (χ0n) is 17.0. The fourth-order valence-electron chi connectivity index (χ4n) is 3.81.